The van der Waals surface area contributed by atoms with Gasteiger partial charge in [-0.3, -0.25) is 29.6 Å². The molecule has 1 aromatic carbocycles. The number of hydrogen-bond acceptors (Lipinski definition) is 5. The maximum absolute atomic E-state index is 12.6. The molecule has 0 radical (unpaired) electrons. The van der Waals surface area contributed by atoms with E-state index in [0.29, 0.717) is 13.2 Å². The number of carbonyl (C=O) groups excluding carboxylic acids is 1. The summed E-state index contributed by atoms with van der Waals surface area (Å²) in [5.74, 6) is -0.583. The Morgan fingerprint density at radius 2 is 1.89 bits per heavy atom. The number of ether oxygens (including phenoxy) is 1. The van der Waals surface area contributed by atoms with E-state index >= 15 is 0 Å². The number of carbonyl (C=O) groups is 1. The van der Waals surface area contributed by atoms with Crippen LogP contribution in [-0.2, 0) is 22.6 Å². The normalized spacial score (nSPS) is 11.5. The highest BCUT2D eigenvalue weighted by atomic mass is 32.1. The van der Waals surface area contributed by atoms with Gasteiger partial charge in [0.05, 0.1) is 13.2 Å². The zero-order valence-electron chi connectivity index (χ0n) is 15.7. The van der Waals surface area contributed by atoms with Gasteiger partial charge >= 0.3 is 5.69 Å². The number of methoxy groups -OCH3 is 1. The van der Waals surface area contributed by atoms with Gasteiger partial charge in [-0.05, 0) is 24.7 Å². The number of rotatable bonds is 7. The lowest BCUT2D eigenvalue weighted by Crippen LogP contribution is -2.52. The first kappa shape index (κ1) is 21.3. The zero-order valence-corrected chi connectivity index (χ0v) is 16.5. The Balaban J connectivity index is 2.00. The lowest BCUT2D eigenvalue weighted by atomic mass is 10.2. The molecule has 1 amide bonds. The standard InChI is InChI=1S/C18H23N5O4S/c1-13(12-27-2)19-17(28)21-20-15(24)11-23-16(25)8-9-22(18(23)26)10-14-6-4-3-5-7-14/h3-9,13H,10-12H2,1-2H3,(H,20,24)(H2,19,21,28)/t13-/m0/s1. The molecule has 1 atom stereocenters. The van der Waals surface area contributed by atoms with E-state index in [2.05, 4.69) is 16.2 Å². The van der Waals surface area contributed by atoms with Gasteiger partial charge in [0.25, 0.3) is 11.5 Å². The Morgan fingerprint density at radius 1 is 1.18 bits per heavy atom. The molecule has 0 bridgehead atoms. The SMILES string of the molecule is COC[C@H](C)NC(=S)NNC(=O)Cn1c(=O)ccn(Cc2ccccc2)c1=O. The summed E-state index contributed by atoms with van der Waals surface area (Å²) in [4.78, 5) is 36.7. The Morgan fingerprint density at radius 3 is 2.57 bits per heavy atom. The molecule has 0 fully saturated rings. The lowest BCUT2D eigenvalue weighted by Gasteiger charge is -2.16. The average Bonchev–Trinajstić information content (AvgIpc) is 2.67. The van der Waals surface area contributed by atoms with E-state index in [9.17, 15) is 14.4 Å². The number of amides is 1. The predicted molar refractivity (Wildman–Crippen MR) is 109 cm³/mol. The van der Waals surface area contributed by atoms with Crippen LogP contribution in [0.2, 0.25) is 0 Å². The maximum atomic E-state index is 12.6. The van der Waals surface area contributed by atoms with E-state index in [1.54, 1.807) is 7.11 Å². The molecule has 0 aliphatic rings. The molecular formula is C18H23N5O4S. The summed E-state index contributed by atoms with van der Waals surface area (Å²) in [5.41, 5.74) is 4.67. The fourth-order valence-corrected chi connectivity index (χ4v) is 2.72. The van der Waals surface area contributed by atoms with Gasteiger partial charge in [0.1, 0.15) is 6.54 Å². The second-order valence-electron chi connectivity index (χ2n) is 6.14. The fourth-order valence-electron chi connectivity index (χ4n) is 2.46. The third-order valence-corrected chi connectivity index (χ3v) is 3.97. The van der Waals surface area contributed by atoms with Crippen LogP contribution >= 0.6 is 12.2 Å². The van der Waals surface area contributed by atoms with Crippen molar-refractivity contribution in [3.63, 3.8) is 0 Å². The summed E-state index contributed by atoms with van der Waals surface area (Å²) in [6, 6.07) is 10.5. The minimum absolute atomic E-state index is 0.0520. The van der Waals surface area contributed by atoms with Gasteiger partial charge < -0.3 is 10.1 Å². The van der Waals surface area contributed by atoms with Crippen LogP contribution in [0.5, 0.6) is 0 Å². The van der Waals surface area contributed by atoms with Crippen LogP contribution < -0.4 is 27.4 Å². The van der Waals surface area contributed by atoms with Crippen molar-refractivity contribution in [2.24, 2.45) is 0 Å². The van der Waals surface area contributed by atoms with Crippen molar-refractivity contribution in [2.75, 3.05) is 13.7 Å². The van der Waals surface area contributed by atoms with Gasteiger partial charge in [-0.2, -0.15) is 0 Å². The summed E-state index contributed by atoms with van der Waals surface area (Å²) >= 11 is 5.05. The maximum Gasteiger partial charge on any atom is 0.331 e. The van der Waals surface area contributed by atoms with Crippen LogP contribution in [0.1, 0.15) is 12.5 Å². The summed E-state index contributed by atoms with van der Waals surface area (Å²) in [6.07, 6.45) is 1.42. The number of aromatic nitrogens is 2. The van der Waals surface area contributed by atoms with E-state index < -0.39 is 23.7 Å². The van der Waals surface area contributed by atoms with E-state index in [1.165, 1.54) is 16.8 Å². The smallest absolute Gasteiger partial charge is 0.331 e. The molecule has 1 aromatic heterocycles. The van der Waals surface area contributed by atoms with Gasteiger partial charge in [0.2, 0.25) is 0 Å². The average molecular weight is 405 g/mol. The van der Waals surface area contributed by atoms with Crippen molar-refractivity contribution in [2.45, 2.75) is 26.1 Å². The van der Waals surface area contributed by atoms with Crippen molar-refractivity contribution in [1.29, 1.82) is 0 Å². The molecule has 0 unspecified atom stereocenters. The molecule has 0 saturated heterocycles. The summed E-state index contributed by atoms with van der Waals surface area (Å²) in [6.45, 7) is 2.16. The van der Waals surface area contributed by atoms with E-state index in [1.807, 2.05) is 37.3 Å². The largest absolute Gasteiger partial charge is 0.383 e. The van der Waals surface area contributed by atoms with Crippen LogP contribution in [0.25, 0.3) is 0 Å². The second-order valence-corrected chi connectivity index (χ2v) is 6.55. The Kier molecular flexibility index (Phi) is 7.90. The van der Waals surface area contributed by atoms with Crippen molar-refractivity contribution in [3.05, 3.63) is 69.0 Å². The molecule has 28 heavy (non-hydrogen) atoms. The molecule has 0 aliphatic heterocycles. The highest BCUT2D eigenvalue weighted by Gasteiger charge is 2.11. The molecule has 0 spiro atoms. The second kappa shape index (κ2) is 10.4. The third-order valence-electron chi connectivity index (χ3n) is 3.75. The van der Waals surface area contributed by atoms with Crippen molar-refractivity contribution < 1.29 is 9.53 Å². The first-order valence-electron chi connectivity index (χ1n) is 8.59. The summed E-state index contributed by atoms with van der Waals surface area (Å²) in [7, 11) is 1.57. The Bertz CT molecular complexity index is 926. The minimum atomic E-state index is -0.583. The molecule has 150 valence electrons. The van der Waals surface area contributed by atoms with E-state index in [-0.39, 0.29) is 11.2 Å². The fraction of sp³-hybridized carbons (Fsp3) is 0.333. The van der Waals surface area contributed by atoms with Crippen molar-refractivity contribution in [3.8, 4) is 0 Å². The Labute approximate surface area is 167 Å². The molecule has 1 heterocycles. The molecule has 10 heteroatoms. The molecule has 2 aromatic rings. The van der Waals surface area contributed by atoms with Crippen LogP contribution in [-0.4, -0.2) is 39.9 Å². The highest BCUT2D eigenvalue weighted by Crippen LogP contribution is 1.99. The monoisotopic (exact) mass is 405 g/mol. The number of hydrogen-bond donors (Lipinski definition) is 3. The molecule has 3 N–H and O–H groups in total. The number of nitrogens with zero attached hydrogens (tertiary/aromatic N) is 2. The summed E-state index contributed by atoms with van der Waals surface area (Å²) in [5, 5.41) is 3.10. The molecule has 9 nitrogen and oxygen atoms in total. The minimum Gasteiger partial charge on any atom is -0.383 e. The quantitative estimate of drug-likeness (QED) is 0.425. The number of thiocarbonyl (C=S) groups is 1. The van der Waals surface area contributed by atoms with Gasteiger partial charge in [-0.1, -0.05) is 30.3 Å². The van der Waals surface area contributed by atoms with Crippen LogP contribution in [0, 0.1) is 0 Å². The summed E-state index contributed by atoms with van der Waals surface area (Å²) < 4.78 is 7.21. The molecular weight excluding hydrogens is 382 g/mol. The topological polar surface area (TPSA) is 106 Å². The first-order chi connectivity index (χ1) is 13.4. The van der Waals surface area contributed by atoms with Crippen molar-refractivity contribution >= 4 is 23.2 Å². The Hall–Kier alpha value is -2.98. The molecule has 0 aliphatic carbocycles. The van der Waals surface area contributed by atoms with Crippen LogP contribution in [0.4, 0.5) is 0 Å². The van der Waals surface area contributed by atoms with Gasteiger partial charge in [-0.25, -0.2) is 4.79 Å². The van der Waals surface area contributed by atoms with E-state index in [0.717, 1.165) is 10.1 Å². The zero-order chi connectivity index (χ0) is 20.5. The molecule has 0 saturated carbocycles. The van der Waals surface area contributed by atoms with Gasteiger partial charge in [0, 0.05) is 25.4 Å². The highest BCUT2D eigenvalue weighted by molar-refractivity contribution is 7.80. The number of hydrazine groups is 1. The van der Waals surface area contributed by atoms with Crippen LogP contribution in [0.3, 0.4) is 0 Å². The van der Waals surface area contributed by atoms with Gasteiger partial charge in [-0.15, -0.1) is 0 Å². The lowest BCUT2D eigenvalue weighted by molar-refractivity contribution is -0.122. The molecule has 2 rings (SSSR count). The third kappa shape index (κ3) is 6.32. The predicted octanol–water partition coefficient (Wildman–Crippen LogP) is -0.411. The van der Waals surface area contributed by atoms with Crippen LogP contribution in [0.15, 0.2) is 52.2 Å². The van der Waals surface area contributed by atoms with Gasteiger partial charge in [0.15, 0.2) is 5.11 Å². The van der Waals surface area contributed by atoms with Crippen molar-refractivity contribution in [1.82, 2.24) is 25.3 Å². The number of benzene rings is 1. The number of nitrogens with one attached hydrogen (secondary N) is 3. The van der Waals surface area contributed by atoms with E-state index in [4.69, 9.17) is 17.0 Å². The first-order valence-corrected chi connectivity index (χ1v) is 9.00.